The van der Waals surface area contributed by atoms with Crippen LogP contribution in [0.4, 0.5) is 5.82 Å². The number of carbonyl (C=O) groups is 1. The minimum absolute atomic E-state index is 0.0334. The van der Waals surface area contributed by atoms with E-state index in [9.17, 15) is 4.79 Å². The third kappa shape index (κ3) is 2.39. The predicted octanol–water partition coefficient (Wildman–Crippen LogP) is 2.24. The molecule has 110 valence electrons. The number of carbonyl (C=O) groups excluding carboxylic acids is 1. The van der Waals surface area contributed by atoms with Crippen LogP contribution in [-0.2, 0) is 13.0 Å². The van der Waals surface area contributed by atoms with E-state index < -0.39 is 0 Å². The van der Waals surface area contributed by atoms with E-state index in [1.807, 2.05) is 30.9 Å². The van der Waals surface area contributed by atoms with Crippen LogP contribution in [0.1, 0.15) is 41.4 Å². The largest absolute Gasteiger partial charge is 0.383 e. The number of nitrogen functional groups attached to an aromatic ring is 1. The van der Waals surface area contributed by atoms with Gasteiger partial charge in [-0.1, -0.05) is 24.3 Å². The molecule has 2 heterocycles. The smallest absolute Gasteiger partial charge is 0.259 e. The van der Waals surface area contributed by atoms with Gasteiger partial charge in [0.1, 0.15) is 11.4 Å². The molecule has 0 bridgehead atoms. The average molecular weight is 284 g/mol. The number of nitrogens with zero attached hydrogens (tertiary/aromatic N) is 3. The minimum atomic E-state index is -0.0334. The average Bonchev–Trinajstić information content (AvgIpc) is 2.88. The summed E-state index contributed by atoms with van der Waals surface area (Å²) in [6.45, 7) is 5.35. The van der Waals surface area contributed by atoms with E-state index in [0.717, 1.165) is 13.0 Å². The van der Waals surface area contributed by atoms with Gasteiger partial charge in [-0.3, -0.25) is 4.79 Å². The molecule has 0 fully saturated rings. The van der Waals surface area contributed by atoms with Gasteiger partial charge in [0, 0.05) is 19.1 Å². The van der Waals surface area contributed by atoms with E-state index in [1.54, 1.807) is 10.9 Å². The first-order valence-corrected chi connectivity index (χ1v) is 7.27. The molecule has 2 aromatic rings. The zero-order valence-corrected chi connectivity index (χ0v) is 12.4. The Hall–Kier alpha value is -2.30. The van der Waals surface area contributed by atoms with Crippen LogP contribution >= 0.6 is 0 Å². The van der Waals surface area contributed by atoms with E-state index in [2.05, 4.69) is 17.2 Å². The van der Waals surface area contributed by atoms with Crippen LogP contribution in [0.15, 0.2) is 30.5 Å². The molecule has 5 heteroatoms. The summed E-state index contributed by atoms with van der Waals surface area (Å²) in [4.78, 5) is 14.5. The van der Waals surface area contributed by atoms with Gasteiger partial charge in [0.2, 0.25) is 0 Å². The minimum Gasteiger partial charge on any atom is -0.383 e. The Morgan fingerprint density at radius 3 is 2.67 bits per heavy atom. The molecule has 1 aliphatic heterocycles. The van der Waals surface area contributed by atoms with Gasteiger partial charge < -0.3 is 10.6 Å². The fourth-order valence-corrected chi connectivity index (χ4v) is 2.79. The van der Waals surface area contributed by atoms with Gasteiger partial charge in [-0.2, -0.15) is 5.10 Å². The molecule has 0 aliphatic carbocycles. The number of amides is 1. The van der Waals surface area contributed by atoms with E-state index in [0.29, 0.717) is 17.9 Å². The number of benzene rings is 1. The lowest BCUT2D eigenvalue weighted by Crippen LogP contribution is -2.36. The monoisotopic (exact) mass is 284 g/mol. The highest BCUT2D eigenvalue weighted by Crippen LogP contribution is 2.23. The van der Waals surface area contributed by atoms with Crippen LogP contribution in [0.2, 0.25) is 0 Å². The highest BCUT2D eigenvalue weighted by atomic mass is 16.2. The van der Waals surface area contributed by atoms with Crippen molar-refractivity contribution in [3.05, 3.63) is 47.2 Å². The van der Waals surface area contributed by atoms with Gasteiger partial charge in [-0.25, -0.2) is 4.68 Å². The van der Waals surface area contributed by atoms with Crippen LogP contribution in [-0.4, -0.2) is 27.1 Å². The second kappa shape index (κ2) is 5.24. The van der Waals surface area contributed by atoms with E-state index >= 15 is 0 Å². The van der Waals surface area contributed by atoms with Crippen molar-refractivity contribution >= 4 is 11.7 Å². The van der Waals surface area contributed by atoms with Gasteiger partial charge in [-0.05, 0) is 31.4 Å². The maximum Gasteiger partial charge on any atom is 0.259 e. The lowest BCUT2D eigenvalue weighted by molar-refractivity contribution is 0.0735. The molecule has 21 heavy (non-hydrogen) atoms. The molecule has 2 N–H and O–H groups in total. The quantitative estimate of drug-likeness (QED) is 0.920. The standard InChI is InChI=1S/C16H20N4O/c1-11(2)20-15(17)14(9-18-20)16(21)19-8-7-12-5-3-4-6-13(12)10-19/h3-6,9,11H,7-8,10,17H2,1-2H3. The van der Waals surface area contributed by atoms with Gasteiger partial charge in [-0.15, -0.1) is 0 Å². The molecule has 5 nitrogen and oxygen atoms in total. The first-order chi connectivity index (χ1) is 10.1. The number of hydrogen-bond acceptors (Lipinski definition) is 3. The molecule has 0 atom stereocenters. The molecular weight excluding hydrogens is 264 g/mol. The number of nitrogens with two attached hydrogens (primary N) is 1. The topological polar surface area (TPSA) is 64.2 Å². The Morgan fingerprint density at radius 2 is 2.00 bits per heavy atom. The highest BCUT2D eigenvalue weighted by molar-refractivity contribution is 5.98. The number of rotatable bonds is 2. The van der Waals surface area contributed by atoms with Gasteiger partial charge in [0.15, 0.2) is 0 Å². The summed E-state index contributed by atoms with van der Waals surface area (Å²) in [5.41, 5.74) is 9.10. The molecule has 0 saturated heterocycles. The van der Waals surface area contributed by atoms with Gasteiger partial charge in [0.25, 0.3) is 5.91 Å². The highest BCUT2D eigenvalue weighted by Gasteiger charge is 2.25. The van der Waals surface area contributed by atoms with Crippen LogP contribution in [0.3, 0.4) is 0 Å². The fraction of sp³-hybridized carbons (Fsp3) is 0.375. The molecule has 0 saturated carbocycles. The number of fused-ring (bicyclic) bond motifs is 1. The number of aromatic nitrogens is 2. The Balaban J connectivity index is 1.84. The summed E-state index contributed by atoms with van der Waals surface area (Å²) in [5, 5.41) is 4.22. The zero-order chi connectivity index (χ0) is 15.0. The van der Waals surface area contributed by atoms with E-state index in [-0.39, 0.29) is 11.9 Å². The van der Waals surface area contributed by atoms with Crippen molar-refractivity contribution in [1.82, 2.24) is 14.7 Å². The third-order valence-electron chi connectivity index (χ3n) is 3.97. The Morgan fingerprint density at radius 1 is 1.29 bits per heavy atom. The summed E-state index contributed by atoms with van der Waals surface area (Å²) < 4.78 is 1.69. The SMILES string of the molecule is CC(C)n1ncc(C(=O)N2CCc3ccccc3C2)c1N. The Kier molecular flexibility index (Phi) is 3.41. The summed E-state index contributed by atoms with van der Waals surface area (Å²) in [5.74, 6) is 0.419. The van der Waals surface area contributed by atoms with Gasteiger partial charge in [0.05, 0.1) is 6.20 Å². The van der Waals surface area contributed by atoms with Crippen LogP contribution in [0.5, 0.6) is 0 Å². The van der Waals surface area contributed by atoms with Crippen LogP contribution in [0, 0.1) is 0 Å². The predicted molar refractivity (Wildman–Crippen MR) is 81.9 cm³/mol. The number of anilines is 1. The maximum absolute atomic E-state index is 12.7. The van der Waals surface area contributed by atoms with E-state index in [4.69, 9.17) is 5.73 Å². The van der Waals surface area contributed by atoms with Crippen molar-refractivity contribution in [2.75, 3.05) is 12.3 Å². The summed E-state index contributed by atoms with van der Waals surface area (Å²) >= 11 is 0. The maximum atomic E-state index is 12.7. The van der Waals surface area contributed by atoms with E-state index in [1.165, 1.54) is 11.1 Å². The number of hydrogen-bond donors (Lipinski definition) is 1. The molecule has 1 aromatic carbocycles. The van der Waals surface area contributed by atoms with Gasteiger partial charge >= 0.3 is 0 Å². The second-order valence-corrected chi connectivity index (χ2v) is 5.73. The van der Waals surface area contributed by atoms with Crippen molar-refractivity contribution in [2.45, 2.75) is 32.9 Å². The van der Waals surface area contributed by atoms with Crippen molar-refractivity contribution < 1.29 is 4.79 Å². The lowest BCUT2D eigenvalue weighted by Gasteiger charge is -2.28. The molecule has 1 aliphatic rings. The fourth-order valence-electron chi connectivity index (χ4n) is 2.79. The summed E-state index contributed by atoms with van der Waals surface area (Å²) in [6.07, 6.45) is 2.47. The normalized spacial score (nSPS) is 14.3. The van der Waals surface area contributed by atoms with Crippen LogP contribution < -0.4 is 5.73 Å². The first kappa shape index (κ1) is 13.7. The molecular formula is C16H20N4O. The summed E-state index contributed by atoms with van der Waals surface area (Å²) in [7, 11) is 0. The Bertz CT molecular complexity index is 675. The first-order valence-electron chi connectivity index (χ1n) is 7.27. The molecule has 1 amide bonds. The van der Waals surface area contributed by atoms with Crippen molar-refractivity contribution in [2.24, 2.45) is 0 Å². The van der Waals surface area contributed by atoms with Crippen LogP contribution in [0.25, 0.3) is 0 Å². The molecule has 0 radical (unpaired) electrons. The van der Waals surface area contributed by atoms with Crippen molar-refractivity contribution in [3.63, 3.8) is 0 Å². The van der Waals surface area contributed by atoms with Crippen molar-refractivity contribution in [3.8, 4) is 0 Å². The second-order valence-electron chi connectivity index (χ2n) is 5.73. The third-order valence-corrected chi connectivity index (χ3v) is 3.97. The molecule has 1 aromatic heterocycles. The molecule has 3 rings (SSSR count). The zero-order valence-electron chi connectivity index (χ0n) is 12.4. The molecule has 0 spiro atoms. The lowest BCUT2D eigenvalue weighted by atomic mass is 9.99. The van der Waals surface area contributed by atoms with Crippen molar-refractivity contribution in [1.29, 1.82) is 0 Å². The summed E-state index contributed by atoms with van der Waals surface area (Å²) in [6, 6.07) is 8.41. The molecule has 0 unspecified atom stereocenters. The Labute approximate surface area is 124 Å².